The lowest BCUT2D eigenvalue weighted by Gasteiger charge is -2.05. The van der Waals surface area contributed by atoms with Gasteiger partial charge >= 0.3 is 0 Å². The Hall–Kier alpha value is -2.54. The molecule has 0 aliphatic carbocycles. The molecule has 0 saturated heterocycles. The van der Waals surface area contributed by atoms with E-state index in [2.05, 4.69) is 16.9 Å². The van der Waals surface area contributed by atoms with Gasteiger partial charge in [-0.25, -0.2) is 0 Å². The van der Waals surface area contributed by atoms with Crippen molar-refractivity contribution in [2.45, 2.75) is 6.10 Å². The molecular weight excluding hydrogens is 308 g/mol. The zero-order valence-corrected chi connectivity index (χ0v) is 13.3. The Labute approximate surface area is 140 Å². The Kier molecular flexibility index (Phi) is 4.47. The minimum atomic E-state index is -1.01. The average Bonchev–Trinajstić information content (AvgIpc) is 2.90. The summed E-state index contributed by atoms with van der Waals surface area (Å²) in [4.78, 5) is 0. The third kappa shape index (κ3) is 3.29. The summed E-state index contributed by atoms with van der Waals surface area (Å²) in [5.41, 5.74) is 2.91. The fourth-order valence-corrected chi connectivity index (χ4v) is 2.55. The number of benzene rings is 2. The summed E-state index contributed by atoms with van der Waals surface area (Å²) in [6.45, 7) is 0. The molecule has 3 aromatic rings. The van der Waals surface area contributed by atoms with Crippen LogP contribution in [0.15, 0.2) is 60.7 Å². The van der Waals surface area contributed by atoms with Crippen molar-refractivity contribution >= 4 is 11.6 Å². The SMILES string of the molecule is Cn1nc(-c2ccccc2)c([C@@H](O)C#Cc2ccccc2)c1Cl. The third-order valence-electron chi connectivity index (χ3n) is 3.46. The van der Waals surface area contributed by atoms with Crippen LogP contribution in [0.5, 0.6) is 0 Å². The van der Waals surface area contributed by atoms with Crippen molar-refractivity contribution in [3.05, 3.63) is 76.9 Å². The number of hydrogen-bond donors (Lipinski definition) is 1. The number of rotatable bonds is 2. The highest BCUT2D eigenvalue weighted by Crippen LogP contribution is 2.32. The highest BCUT2D eigenvalue weighted by atomic mass is 35.5. The zero-order valence-electron chi connectivity index (χ0n) is 12.6. The van der Waals surface area contributed by atoms with E-state index in [0.29, 0.717) is 16.4 Å². The molecule has 1 atom stereocenters. The van der Waals surface area contributed by atoms with Crippen molar-refractivity contribution < 1.29 is 5.11 Å². The van der Waals surface area contributed by atoms with Gasteiger partial charge in [-0.1, -0.05) is 72.0 Å². The van der Waals surface area contributed by atoms with Crippen LogP contribution in [0.4, 0.5) is 0 Å². The number of nitrogens with zero attached hydrogens (tertiary/aromatic N) is 2. The van der Waals surface area contributed by atoms with Gasteiger partial charge in [0.05, 0.1) is 5.56 Å². The predicted octanol–water partition coefficient (Wildman–Crippen LogP) is 3.83. The van der Waals surface area contributed by atoms with E-state index < -0.39 is 6.10 Å². The summed E-state index contributed by atoms with van der Waals surface area (Å²) in [7, 11) is 1.75. The van der Waals surface area contributed by atoms with E-state index in [4.69, 9.17) is 11.6 Å². The van der Waals surface area contributed by atoms with Crippen LogP contribution in [-0.2, 0) is 7.05 Å². The maximum absolute atomic E-state index is 10.5. The lowest BCUT2D eigenvalue weighted by molar-refractivity contribution is 0.239. The second-order valence-corrected chi connectivity index (χ2v) is 5.44. The molecule has 23 heavy (non-hydrogen) atoms. The second kappa shape index (κ2) is 6.70. The Morgan fingerprint density at radius 1 is 1.04 bits per heavy atom. The molecule has 0 spiro atoms. The van der Waals surface area contributed by atoms with Gasteiger partial charge in [-0.05, 0) is 12.1 Å². The molecule has 0 fully saturated rings. The summed E-state index contributed by atoms with van der Waals surface area (Å²) in [5, 5.41) is 15.3. The monoisotopic (exact) mass is 322 g/mol. The van der Waals surface area contributed by atoms with Crippen LogP contribution in [0.3, 0.4) is 0 Å². The number of aliphatic hydroxyl groups is 1. The molecular formula is C19H15ClN2O. The standard InChI is InChI=1S/C19H15ClN2O/c1-22-19(20)17(18(21-22)15-10-6-3-7-11-15)16(23)13-12-14-8-4-2-5-9-14/h2-11,16,23H,1H3/t16-/m0/s1. The first-order chi connectivity index (χ1) is 11.2. The van der Waals surface area contributed by atoms with E-state index in [-0.39, 0.29) is 0 Å². The van der Waals surface area contributed by atoms with E-state index in [0.717, 1.165) is 11.1 Å². The number of hydrogen-bond acceptors (Lipinski definition) is 2. The van der Waals surface area contributed by atoms with Gasteiger partial charge in [0.1, 0.15) is 17.0 Å². The smallest absolute Gasteiger partial charge is 0.145 e. The van der Waals surface area contributed by atoms with Crippen LogP contribution in [0.1, 0.15) is 17.2 Å². The summed E-state index contributed by atoms with van der Waals surface area (Å²) < 4.78 is 1.55. The van der Waals surface area contributed by atoms with Gasteiger partial charge in [0.15, 0.2) is 0 Å². The number of aryl methyl sites for hydroxylation is 1. The highest BCUT2D eigenvalue weighted by Gasteiger charge is 2.21. The zero-order chi connectivity index (χ0) is 16.2. The largest absolute Gasteiger partial charge is 0.376 e. The first-order valence-corrected chi connectivity index (χ1v) is 7.57. The molecule has 0 saturated carbocycles. The number of halogens is 1. The van der Waals surface area contributed by atoms with Crippen LogP contribution < -0.4 is 0 Å². The van der Waals surface area contributed by atoms with E-state index in [1.807, 2.05) is 60.7 Å². The van der Waals surface area contributed by atoms with Crippen molar-refractivity contribution in [2.75, 3.05) is 0 Å². The van der Waals surface area contributed by atoms with Gasteiger partial charge in [-0.15, -0.1) is 0 Å². The van der Waals surface area contributed by atoms with Gasteiger partial charge in [0, 0.05) is 18.2 Å². The lowest BCUT2D eigenvalue weighted by Crippen LogP contribution is -1.96. The summed E-state index contributed by atoms with van der Waals surface area (Å²) >= 11 is 6.31. The second-order valence-electron chi connectivity index (χ2n) is 5.08. The molecule has 0 bridgehead atoms. The Bertz CT molecular complexity index is 861. The van der Waals surface area contributed by atoms with E-state index in [1.165, 1.54) is 0 Å². The fourth-order valence-electron chi connectivity index (χ4n) is 2.32. The van der Waals surface area contributed by atoms with Crippen LogP contribution in [-0.4, -0.2) is 14.9 Å². The van der Waals surface area contributed by atoms with Gasteiger partial charge in [0.25, 0.3) is 0 Å². The number of aromatic nitrogens is 2. The molecule has 1 N–H and O–H groups in total. The van der Waals surface area contributed by atoms with Gasteiger partial charge in [-0.2, -0.15) is 5.10 Å². The fraction of sp³-hybridized carbons (Fsp3) is 0.105. The Morgan fingerprint density at radius 2 is 1.65 bits per heavy atom. The normalized spacial score (nSPS) is 11.6. The molecule has 0 amide bonds. The van der Waals surface area contributed by atoms with Gasteiger partial charge in [-0.3, -0.25) is 4.68 Å². The van der Waals surface area contributed by atoms with Crippen LogP contribution in [0.2, 0.25) is 5.15 Å². The molecule has 4 heteroatoms. The molecule has 114 valence electrons. The molecule has 0 aliphatic rings. The number of aliphatic hydroxyl groups excluding tert-OH is 1. The lowest BCUT2D eigenvalue weighted by atomic mass is 10.0. The van der Waals surface area contributed by atoms with Crippen LogP contribution >= 0.6 is 11.6 Å². The third-order valence-corrected chi connectivity index (χ3v) is 3.91. The highest BCUT2D eigenvalue weighted by molar-refractivity contribution is 6.30. The van der Waals surface area contributed by atoms with E-state index in [9.17, 15) is 5.11 Å². The van der Waals surface area contributed by atoms with Crippen molar-refractivity contribution in [1.29, 1.82) is 0 Å². The summed E-state index contributed by atoms with van der Waals surface area (Å²) in [6, 6.07) is 19.1. The van der Waals surface area contributed by atoms with Gasteiger partial charge < -0.3 is 5.11 Å². The molecule has 3 rings (SSSR count). The quantitative estimate of drug-likeness (QED) is 0.728. The van der Waals surface area contributed by atoms with Crippen molar-refractivity contribution in [2.24, 2.45) is 7.05 Å². The van der Waals surface area contributed by atoms with Gasteiger partial charge in [0.2, 0.25) is 0 Å². The molecule has 2 aromatic carbocycles. The topological polar surface area (TPSA) is 38.0 Å². The first kappa shape index (κ1) is 15.4. The average molecular weight is 323 g/mol. The molecule has 0 aliphatic heterocycles. The molecule has 0 radical (unpaired) electrons. The predicted molar refractivity (Wildman–Crippen MR) is 91.9 cm³/mol. The Morgan fingerprint density at radius 3 is 2.30 bits per heavy atom. The van der Waals surface area contributed by atoms with Crippen molar-refractivity contribution in [3.8, 4) is 23.1 Å². The van der Waals surface area contributed by atoms with Crippen LogP contribution in [0.25, 0.3) is 11.3 Å². The van der Waals surface area contributed by atoms with Crippen molar-refractivity contribution in [1.82, 2.24) is 9.78 Å². The molecule has 1 aromatic heterocycles. The maximum atomic E-state index is 10.5. The molecule has 3 nitrogen and oxygen atoms in total. The summed E-state index contributed by atoms with van der Waals surface area (Å²) in [6.07, 6.45) is -1.01. The van der Waals surface area contributed by atoms with E-state index >= 15 is 0 Å². The molecule has 1 heterocycles. The summed E-state index contributed by atoms with van der Waals surface area (Å²) in [5.74, 6) is 5.81. The van der Waals surface area contributed by atoms with Crippen molar-refractivity contribution in [3.63, 3.8) is 0 Å². The Balaban J connectivity index is 2.01. The molecule has 0 unspecified atom stereocenters. The minimum absolute atomic E-state index is 0.388. The minimum Gasteiger partial charge on any atom is -0.376 e. The first-order valence-electron chi connectivity index (χ1n) is 7.19. The van der Waals surface area contributed by atoms with E-state index in [1.54, 1.807) is 11.7 Å². The maximum Gasteiger partial charge on any atom is 0.145 e. The van der Waals surface area contributed by atoms with Crippen LogP contribution in [0, 0.1) is 11.8 Å².